The fourth-order valence-corrected chi connectivity index (χ4v) is 3.01. The van der Waals surface area contributed by atoms with Crippen LogP contribution >= 0.6 is 0 Å². The van der Waals surface area contributed by atoms with Crippen LogP contribution in [-0.2, 0) is 6.54 Å². The fraction of sp³-hybridized carbons (Fsp3) is 0.0952. The summed E-state index contributed by atoms with van der Waals surface area (Å²) in [5.41, 5.74) is 10.9. The second kappa shape index (κ2) is 7.40. The molecular weight excluding hydrogens is 352 g/mol. The zero-order chi connectivity index (χ0) is 19.5. The Morgan fingerprint density at radius 2 is 2.11 bits per heavy atom. The second-order valence-electron chi connectivity index (χ2n) is 6.30. The standard InChI is InChI=1S/C21H20N6O/c1-13(24-10-14-4-3-5-15(8-14)28-2)16-11-25-19-9-20(26-12-17(16)19)18-6-7-23-21(22)27-18/h3-9,11-12,24-25H,1,10H2,2H3,(H2,22,23,27). The number of aromatic nitrogens is 4. The van der Waals surface area contributed by atoms with Crippen LogP contribution in [0.15, 0.2) is 61.6 Å². The Balaban J connectivity index is 1.54. The molecule has 140 valence electrons. The van der Waals surface area contributed by atoms with Crippen LogP contribution in [0.1, 0.15) is 11.1 Å². The minimum absolute atomic E-state index is 0.224. The van der Waals surface area contributed by atoms with Crippen LogP contribution < -0.4 is 15.8 Å². The maximum atomic E-state index is 5.67. The molecule has 0 aliphatic rings. The third-order valence-corrected chi connectivity index (χ3v) is 4.47. The van der Waals surface area contributed by atoms with Gasteiger partial charge in [-0.1, -0.05) is 18.7 Å². The average molecular weight is 372 g/mol. The van der Waals surface area contributed by atoms with Crippen molar-refractivity contribution in [2.24, 2.45) is 0 Å². The zero-order valence-electron chi connectivity index (χ0n) is 15.4. The molecule has 0 amide bonds. The highest BCUT2D eigenvalue weighted by atomic mass is 16.5. The summed E-state index contributed by atoms with van der Waals surface area (Å²) in [6.07, 6.45) is 5.35. The van der Waals surface area contributed by atoms with E-state index >= 15 is 0 Å². The molecule has 0 aliphatic carbocycles. The van der Waals surface area contributed by atoms with Crippen LogP contribution in [0.2, 0.25) is 0 Å². The lowest BCUT2D eigenvalue weighted by atomic mass is 10.1. The van der Waals surface area contributed by atoms with E-state index in [2.05, 4.69) is 31.8 Å². The zero-order valence-corrected chi connectivity index (χ0v) is 15.4. The quantitative estimate of drug-likeness (QED) is 0.480. The van der Waals surface area contributed by atoms with E-state index in [4.69, 9.17) is 10.5 Å². The third kappa shape index (κ3) is 3.50. The molecule has 0 spiro atoms. The Bertz CT molecular complexity index is 1150. The Kier molecular flexibility index (Phi) is 4.63. The van der Waals surface area contributed by atoms with Crippen LogP contribution in [-0.4, -0.2) is 27.0 Å². The van der Waals surface area contributed by atoms with Crippen LogP contribution in [0.25, 0.3) is 28.0 Å². The lowest BCUT2D eigenvalue weighted by Gasteiger charge is -2.10. The molecule has 7 nitrogen and oxygen atoms in total. The molecular formula is C21H20N6O. The van der Waals surface area contributed by atoms with Crippen LogP contribution in [0.5, 0.6) is 5.75 Å². The SMILES string of the molecule is C=C(NCc1cccc(OC)c1)c1c[nH]c2cc(-c3ccnc(N)n3)ncc12. The van der Waals surface area contributed by atoms with Gasteiger partial charge in [0.05, 0.1) is 18.5 Å². The first-order valence-electron chi connectivity index (χ1n) is 8.76. The summed E-state index contributed by atoms with van der Waals surface area (Å²) in [7, 11) is 1.66. The van der Waals surface area contributed by atoms with Gasteiger partial charge in [0, 0.05) is 47.3 Å². The Labute approximate surface area is 162 Å². The van der Waals surface area contributed by atoms with E-state index in [0.717, 1.165) is 39.2 Å². The molecule has 0 saturated carbocycles. The van der Waals surface area contributed by atoms with Crippen molar-refractivity contribution >= 4 is 22.5 Å². The topological polar surface area (TPSA) is 102 Å². The van der Waals surface area contributed by atoms with Crippen molar-refractivity contribution in [3.63, 3.8) is 0 Å². The van der Waals surface area contributed by atoms with Crippen molar-refractivity contribution in [1.82, 2.24) is 25.3 Å². The normalized spacial score (nSPS) is 10.8. The number of nitrogens with two attached hydrogens (primary N) is 1. The van der Waals surface area contributed by atoms with E-state index in [1.165, 1.54) is 0 Å². The first-order valence-corrected chi connectivity index (χ1v) is 8.76. The number of hydrogen-bond acceptors (Lipinski definition) is 6. The lowest BCUT2D eigenvalue weighted by molar-refractivity contribution is 0.414. The van der Waals surface area contributed by atoms with Gasteiger partial charge in [0.25, 0.3) is 0 Å². The Morgan fingerprint density at radius 3 is 2.93 bits per heavy atom. The van der Waals surface area contributed by atoms with Gasteiger partial charge in [-0.15, -0.1) is 0 Å². The number of H-pyrrole nitrogens is 1. The van der Waals surface area contributed by atoms with Gasteiger partial charge in [-0.05, 0) is 29.8 Å². The van der Waals surface area contributed by atoms with Crippen LogP contribution in [0.4, 0.5) is 5.95 Å². The average Bonchev–Trinajstić information content (AvgIpc) is 3.15. The molecule has 3 heterocycles. The molecule has 0 atom stereocenters. The van der Waals surface area contributed by atoms with Crippen molar-refractivity contribution in [3.05, 3.63) is 72.7 Å². The minimum Gasteiger partial charge on any atom is -0.497 e. The van der Waals surface area contributed by atoms with Gasteiger partial charge in [0.15, 0.2) is 0 Å². The number of hydrogen-bond donors (Lipinski definition) is 3. The number of nitrogen functional groups attached to an aromatic ring is 1. The van der Waals surface area contributed by atoms with E-state index in [-0.39, 0.29) is 5.95 Å². The predicted octanol–water partition coefficient (Wildman–Crippen LogP) is 3.37. The second-order valence-corrected chi connectivity index (χ2v) is 6.30. The van der Waals surface area contributed by atoms with E-state index in [9.17, 15) is 0 Å². The van der Waals surface area contributed by atoms with Crippen molar-refractivity contribution in [2.45, 2.75) is 6.54 Å². The highest BCUT2D eigenvalue weighted by molar-refractivity contribution is 5.92. The van der Waals surface area contributed by atoms with E-state index < -0.39 is 0 Å². The first-order chi connectivity index (χ1) is 13.6. The van der Waals surface area contributed by atoms with Crippen molar-refractivity contribution in [3.8, 4) is 17.1 Å². The molecule has 3 aromatic heterocycles. The number of aromatic amines is 1. The molecule has 0 unspecified atom stereocenters. The molecule has 1 aromatic carbocycles. The fourth-order valence-electron chi connectivity index (χ4n) is 3.01. The van der Waals surface area contributed by atoms with E-state index in [1.54, 1.807) is 19.4 Å². The molecule has 0 radical (unpaired) electrons. The van der Waals surface area contributed by atoms with Crippen molar-refractivity contribution in [1.29, 1.82) is 0 Å². The number of rotatable bonds is 6. The molecule has 7 heteroatoms. The number of pyridine rings is 1. The van der Waals surface area contributed by atoms with E-state index in [1.807, 2.05) is 42.7 Å². The van der Waals surface area contributed by atoms with Crippen molar-refractivity contribution in [2.75, 3.05) is 12.8 Å². The summed E-state index contributed by atoms with van der Waals surface area (Å²) < 4.78 is 5.27. The number of ether oxygens (including phenoxy) is 1. The number of benzene rings is 1. The molecule has 0 aliphatic heterocycles. The maximum Gasteiger partial charge on any atom is 0.220 e. The molecule has 28 heavy (non-hydrogen) atoms. The molecule has 4 aromatic rings. The van der Waals surface area contributed by atoms with Gasteiger partial charge in [0.1, 0.15) is 5.75 Å². The summed E-state index contributed by atoms with van der Waals surface area (Å²) >= 11 is 0. The van der Waals surface area contributed by atoms with Crippen LogP contribution in [0, 0.1) is 0 Å². The monoisotopic (exact) mass is 372 g/mol. The molecule has 0 saturated heterocycles. The third-order valence-electron chi connectivity index (χ3n) is 4.47. The molecule has 4 N–H and O–H groups in total. The highest BCUT2D eigenvalue weighted by Crippen LogP contribution is 2.26. The number of nitrogens with one attached hydrogen (secondary N) is 2. The molecule has 0 fully saturated rings. The number of nitrogens with zero attached hydrogens (tertiary/aromatic N) is 3. The largest absolute Gasteiger partial charge is 0.497 e. The van der Waals surface area contributed by atoms with E-state index in [0.29, 0.717) is 12.2 Å². The Hall–Kier alpha value is -3.87. The summed E-state index contributed by atoms with van der Waals surface area (Å²) in [5.74, 6) is 1.06. The molecule has 4 rings (SSSR count). The number of anilines is 1. The van der Waals surface area contributed by atoms with Gasteiger partial charge >= 0.3 is 0 Å². The summed E-state index contributed by atoms with van der Waals surface area (Å²) in [6.45, 7) is 4.82. The minimum atomic E-state index is 0.224. The summed E-state index contributed by atoms with van der Waals surface area (Å²) in [4.78, 5) is 15.9. The van der Waals surface area contributed by atoms with Gasteiger partial charge in [0.2, 0.25) is 5.95 Å². The summed E-state index contributed by atoms with van der Waals surface area (Å²) in [5, 5.41) is 4.34. The van der Waals surface area contributed by atoms with Gasteiger partial charge in [-0.2, -0.15) is 0 Å². The number of fused-ring (bicyclic) bond motifs is 1. The smallest absolute Gasteiger partial charge is 0.220 e. The van der Waals surface area contributed by atoms with Gasteiger partial charge in [-0.25, -0.2) is 9.97 Å². The lowest BCUT2D eigenvalue weighted by Crippen LogP contribution is -2.10. The molecule has 0 bridgehead atoms. The first kappa shape index (κ1) is 17.5. The Morgan fingerprint density at radius 1 is 1.21 bits per heavy atom. The van der Waals surface area contributed by atoms with Gasteiger partial charge in [-0.3, -0.25) is 4.98 Å². The van der Waals surface area contributed by atoms with Crippen molar-refractivity contribution < 1.29 is 4.74 Å². The summed E-state index contributed by atoms with van der Waals surface area (Å²) in [6, 6.07) is 11.6. The van der Waals surface area contributed by atoms with Gasteiger partial charge < -0.3 is 20.8 Å². The van der Waals surface area contributed by atoms with Crippen LogP contribution in [0.3, 0.4) is 0 Å². The predicted molar refractivity (Wildman–Crippen MR) is 110 cm³/mol. The number of methoxy groups -OCH3 is 1. The maximum absolute atomic E-state index is 5.67. The highest BCUT2D eigenvalue weighted by Gasteiger charge is 2.10.